The van der Waals surface area contributed by atoms with Crippen molar-refractivity contribution >= 4 is 38.5 Å². The van der Waals surface area contributed by atoms with Crippen molar-refractivity contribution in [1.29, 1.82) is 0 Å². The van der Waals surface area contributed by atoms with Gasteiger partial charge in [0.15, 0.2) is 0 Å². The number of para-hydroxylation sites is 1. The zero-order valence-corrected chi connectivity index (χ0v) is 16.0. The highest BCUT2D eigenvalue weighted by Crippen LogP contribution is 2.23. The highest BCUT2D eigenvalue weighted by atomic mass is 32.1. The summed E-state index contributed by atoms with van der Waals surface area (Å²) in [6.07, 6.45) is 0. The fourth-order valence-corrected chi connectivity index (χ4v) is 4.60. The second-order valence-electron chi connectivity index (χ2n) is 7.08. The molecule has 0 spiro atoms. The van der Waals surface area contributed by atoms with Gasteiger partial charge in [-0.1, -0.05) is 18.2 Å². The van der Waals surface area contributed by atoms with Gasteiger partial charge in [0, 0.05) is 43.9 Å². The molecule has 4 heterocycles. The standard InChI is InChI=1S/C20H21N5OS/c1-13-21-19-18(27-13)11-17(23-19)20(26)25-8-6-24(7-9-25)12-15-10-14-4-2-3-5-16(14)22-15/h2-5,10-11,22-23H,6-9,12H2,1H3. The molecule has 0 atom stereocenters. The van der Waals surface area contributed by atoms with Crippen molar-refractivity contribution in [3.05, 3.63) is 52.8 Å². The Labute approximate surface area is 160 Å². The largest absolute Gasteiger partial charge is 0.357 e. The van der Waals surface area contributed by atoms with E-state index in [0.717, 1.165) is 48.1 Å². The number of thiazole rings is 1. The van der Waals surface area contributed by atoms with Gasteiger partial charge in [-0.2, -0.15) is 0 Å². The molecule has 0 bridgehead atoms. The molecule has 2 N–H and O–H groups in total. The number of fused-ring (bicyclic) bond motifs is 2. The van der Waals surface area contributed by atoms with E-state index in [0.29, 0.717) is 5.69 Å². The molecule has 138 valence electrons. The van der Waals surface area contributed by atoms with Crippen LogP contribution in [0.15, 0.2) is 36.4 Å². The number of hydrogen-bond donors (Lipinski definition) is 2. The lowest BCUT2D eigenvalue weighted by molar-refractivity contribution is 0.0622. The van der Waals surface area contributed by atoms with E-state index < -0.39 is 0 Å². The van der Waals surface area contributed by atoms with Crippen LogP contribution in [-0.4, -0.2) is 56.8 Å². The number of aromatic amines is 2. The minimum Gasteiger partial charge on any atom is -0.357 e. The number of nitrogens with zero attached hydrogens (tertiary/aromatic N) is 3. The maximum atomic E-state index is 12.8. The Morgan fingerprint density at radius 2 is 1.96 bits per heavy atom. The molecule has 0 radical (unpaired) electrons. The summed E-state index contributed by atoms with van der Waals surface area (Å²) in [7, 11) is 0. The van der Waals surface area contributed by atoms with E-state index in [1.165, 1.54) is 16.6 Å². The lowest BCUT2D eigenvalue weighted by Gasteiger charge is -2.34. The summed E-state index contributed by atoms with van der Waals surface area (Å²) in [6, 6.07) is 12.5. The van der Waals surface area contributed by atoms with Gasteiger partial charge in [0.05, 0.1) is 9.71 Å². The first-order valence-electron chi connectivity index (χ1n) is 9.20. The van der Waals surface area contributed by atoms with Crippen molar-refractivity contribution in [2.75, 3.05) is 26.2 Å². The highest BCUT2D eigenvalue weighted by molar-refractivity contribution is 7.18. The predicted octanol–water partition coefficient (Wildman–Crippen LogP) is 3.37. The van der Waals surface area contributed by atoms with Gasteiger partial charge in [-0.3, -0.25) is 9.69 Å². The fraction of sp³-hybridized carbons (Fsp3) is 0.300. The monoisotopic (exact) mass is 379 g/mol. The summed E-state index contributed by atoms with van der Waals surface area (Å²) >= 11 is 1.62. The minimum atomic E-state index is 0.0723. The average molecular weight is 379 g/mol. The molecule has 1 aliphatic rings. The number of nitrogens with one attached hydrogen (secondary N) is 2. The first kappa shape index (κ1) is 16.5. The fourth-order valence-electron chi connectivity index (χ4n) is 3.78. The number of carbonyl (C=O) groups excluding carboxylic acids is 1. The van der Waals surface area contributed by atoms with Crippen LogP contribution in [0.25, 0.3) is 21.3 Å². The van der Waals surface area contributed by atoms with Gasteiger partial charge >= 0.3 is 0 Å². The summed E-state index contributed by atoms with van der Waals surface area (Å²) in [5, 5.41) is 2.26. The molecule has 1 amide bonds. The quantitative estimate of drug-likeness (QED) is 0.573. The van der Waals surface area contributed by atoms with Gasteiger partial charge in [0.2, 0.25) is 0 Å². The third-order valence-corrected chi connectivity index (χ3v) is 6.08. The van der Waals surface area contributed by atoms with E-state index in [1.807, 2.05) is 17.9 Å². The summed E-state index contributed by atoms with van der Waals surface area (Å²) in [5.74, 6) is 0.0723. The second-order valence-corrected chi connectivity index (χ2v) is 8.31. The molecule has 6 nitrogen and oxygen atoms in total. The van der Waals surface area contributed by atoms with Crippen LogP contribution in [0.4, 0.5) is 0 Å². The lowest BCUT2D eigenvalue weighted by Crippen LogP contribution is -2.48. The number of amides is 1. The number of carbonyl (C=O) groups is 1. The first-order valence-corrected chi connectivity index (χ1v) is 10.0. The lowest BCUT2D eigenvalue weighted by atomic mass is 10.2. The number of benzene rings is 1. The van der Waals surface area contributed by atoms with Crippen molar-refractivity contribution in [3.8, 4) is 0 Å². The third kappa shape index (κ3) is 3.13. The Balaban J connectivity index is 1.22. The molecule has 5 rings (SSSR count). The average Bonchev–Trinajstić information content (AvgIpc) is 3.33. The van der Waals surface area contributed by atoms with Crippen LogP contribution in [0, 0.1) is 6.92 Å². The van der Waals surface area contributed by atoms with Gasteiger partial charge in [-0.25, -0.2) is 4.98 Å². The van der Waals surface area contributed by atoms with Crippen LogP contribution in [0.5, 0.6) is 0 Å². The molecule has 1 aliphatic heterocycles. The molecule has 0 unspecified atom stereocenters. The Kier molecular flexibility index (Phi) is 3.98. The minimum absolute atomic E-state index is 0.0723. The SMILES string of the molecule is Cc1nc2[nH]c(C(=O)N3CCN(Cc4cc5ccccc5[nH]4)CC3)cc2s1. The normalized spacial score (nSPS) is 15.8. The topological polar surface area (TPSA) is 68.0 Å². The number of aromatic nitrogens is 3. The van der Waals surface area contributed by atoms with Gasteiger partial charge in [0.1, 0.15) is 11.3 Å². The number of piperazine rings is 1. The molecule has 4 aromatic rings. The zero-order valence-electron chi connectivity index (χ0n) is 15.2. The van der Waals surface area contributed by atoms with E-state index in [9.17, 15) is 4.79 Å². The van der Waals surface area contributed by atoms with Crippen LogP contribution in [0.1, 0.15) is 21.2 Å². The Hall–Kier alpha value is -2.64. The molecule has 7 heteroatoms. The van der Waals surface area contributed by atoms with E-state index in [-0.39, 0.29) is 5.91 Å². The molecular formula is C20H21N5OS. The number of hydrogen-bond acceptors (Lipinski definition) is 4. The maximum Gasteiger partial charge on any atom is 0.270 e. The summed E-state index contributed by atoms with van der Waals surface area (Å²) in [4.78, 5) is 28.2. The Morgan fingerprint density at radius 1 is 1.15 bits per heavy atom. The van der Waals surface area contributed by atoms with E-state index in [1.54, 1.807) is 11.3 Å². The van der Waals surface area contributed by atoms with Crippen LogP contribution < -0.4 is 0 Å². The molecule has 0 saturated carbocycles. The molecule has 1 aromatic carbocycles. The van der Waals surface area contributed by atoms with Gasteiger partial charge in [0.25, 0.3) is 5.91 Å². The summed E-state index contributed by atoms with van der Waals surface area (Å²) in [6.45, 7) is 6.13. The van der Waals surface area contributed by atoms with Crippen molar-refractivity contribution in [2.45, 2.75) is 13.5 Å². The molecule has 1 saturated heterocycles. The molecule has 3 aromatic heterocycles. The molecular weight excluding hydrogens is 358 g/mol. The van der Waals surface area contributed by atoms with Crippen molar-refractivity contribution in [2.24, 2.45) is 0 Å². The second kappa shape index (κ2) is 6.51. The molecule has 27 heavy (non-hydrogen) atoms. The number of H-pyrrole nitrogens is 2. The molecule has 0 aliphatic carbocycles. The maximum absolute atomic E-state index is 12.8. The number of rotatable bonds is 3. The van der Waals surface area contributed by atoms with Crippen LogP contribution >= 0.6 is 11.3 Å². The van der Waals surface area contributed by atoms with Crippen LogP contribution in [-0.2, 0) is 6.54 Å². The van der Waals surface area contributed by atoms with Crippen LogP contribution in [0.3, 0.4) is 0 Å². The van der Waals surface area contributed by atoms with E-state index >= 15 is 0 Å². The smallest absolute Gasteiger partial charge is 0.270 e. The summed E-state index contributed by atoms with van der Waals surface area (Å²) in [5.41, 5.74) is 3.87. The Morgan fingerprint density at radius 3 is 2.74 bits per heavy atom. The van der Waals surface area contributed by atoms with Crippen LogP contribution in [0.2, 0.25) is 0 Å². The van der Waals surface area contributed by atoms with Crippen molar-refractivity contribution in [1.82, 2.24) is 24.8 Å². The van der Waals surface area contributed by atoms with Crippen molar-refractivity contribution in [3.63, 3.8) is 0 Å². The Bertz CT molecular complexity index is 1050. The van der Waals surface area contributed by atoms with Crippen molar-refractivity contribution < 1.29 is 4.79 Å². The first-order chi connectivity index (χ1) is 13.2. The number of aryl methyl sites for hydroxylation is 1. The van der Waals surface area contributed by atoms with E-state index in [4.69, 9.17) is 0 Å². The zero-order chi connectivity index (χ0) is 18.4. The predicted molar refractivity (Wildman–Crippen MR) is 108 cm³/mol. The molecule has 1 fully saturated rings. The van der Waals surface area contributed by atoms with E-state index in [2.05, 4.69) is 50.2 Å². The van der Waals surface area contributed by atoms with Gasteiger partial charge in [-0.15, -0.1) is 11.3 Å². The third-order valence-electron chi connectivity index (χ3n) is 5.16. The highest BCUT2D eigenvalue weighted by Gasteiger charge is 2.24. The van der Waals surface area contributed by atoms with Gasteiger partial charge < -0.3 is 14.9 Å². The van der Waals surface area contributed by atoms with Gasteiger partial charge in [-0.05, 0) is 30.5 Å². The summed E-state index contributed by atoms with van der Waals surface area (Å²) < 4.78 is 1.05.